The van der Waals surface area contributed by atoms with Gasteiger partial charge in [-0.1, -0.05) is 29.5 Å². The highest BCUT2D eigenvalue weighted by atomic mass is 32.2. The number of nitrogens with zero attached hydrogens (tertiary/aromatic N) is 2. The van der Waals surface area contributed by atoms with Gasteiger partial charge in [0.15, 0.2) is 0 Å². The minimum absolute atomic E-state index is 0.0767. The summed E-state index contributed by atoms with van der Waals surface area (Å²) < 4.78 is 28.7. The molecule has 1 aromatic carbocycles. The SMILES string of the molecule is COC(=O)Cc1nnc(N[C@@H](Cc2ccc(NS(=O)[O-])cc2)C2=CSC(c3cccs3)N2)s1. The summed E-state index contributed by atoms with van der Waals surface area (Å²) in [5.74, 6) is -0.364. The van der Waals surface area contributed by atoms with Crippen LogP contribution >= 0.6 is 34.4 Å². The molecule has 0 amide bonds. The molecule has 0 saturated carbocycles. The minimum atomic E-state index is -2.36. The number of ether oxygens (including phenoxy) is 1. The molecule has 1 aliphatic heterocycles. The van der Waals surface area contributed by atoms with Gasteiger partial charge in [0.05, 0.1) is 19.6 Å². The Balaban J connectivity index is 1.49. The summed E-state index contributed by atoms with van der Waals surface area (Å²) in [6.45, 7) is 0. The molecule has 3 atom stereocenters. The molecule has 2 unspecified atom stereocenters. The molecule has 0 saturated heterocycles. The molecule has 2 aromatic heterocycles. The van der Waals surface area contributed by atoms with Crippen molar-refractivity contribution in [3.8, 4) is 0 Å². The standard InChI is InChI=1S/C20H21N5O4S4/c1-29-18(26)10-17-23-24-20(32-17)22-14(9-12-4-6-13(7-5-12)25-33(27)28)15-11-31-19(21-15)16-3-2-8-30-16/h2-8,11,14,19,21,25H,9-10H2,1H3,(H,22,24)(H,27,28)/p-1/t14-,19?/m0/s1. The molecule has 3 aromatic rings. The van der Waals surface area contributed by atoms with Crippen LogP contribution in [0.25, 0.3) is 0 Å². The Morgan fingerprint density at radius 3 is 2.82 bits per heavy atom. The summed E-state index contributed by atoms with van der Waals surface area (Å²) in [6.07, 6.45) is 0.705. The van der Waals surface area contributed by atoms with Gasteiger partial charge in [0, 0.05) is 27.5 Å². The number of anilines is 2. The molecule has 9 nitrogen and oxygen atoms in total. The zero-order chi connectivity index (χ0) is 23.2. The van der Waals surface area contributed by atoms with Crippen LogP contribution < -0.4 is 15.4 Å². The Labute approximate surface area is 205 Å². The maximum absolute atomic E-state index is 11.5. The van der Waals surface area contributed by atoms with E-state index in [9.17, 15) is 13.6 Å². The molecule has 0 bridgehead atoms. The quantitative estimate of drug-likeness (QED) is 0.271. The number of rotatable bonds is 10. The second-order valence-corrected chi connectivity index (χ2v) is 10.6. The normalized spacial score (nSPS) is 17.0. The highest BCUT2D eigenvalue weighted by Gasteiger charge is 2.26. The lowest BCUT2D eigenvalue weighted by atomic mass is 10.0. The third kappa shape index (κ3) is 6.54. The number of thioether (sulfide) groups is 1. The highest BCUT2D eigenvalue weighted by Crippen LogP contribution is 2.38. The van der Waals surface area contributed by atoms with E-state index in [2.05, 4.69) is 42.4 Å². The lowest BCUT2D eigenvalue weighted by molar-refractivity contribution is -0.139. The van der Waals surface area contributed by atoms with Crippen molar-refractivity contribution in [3.05, 3.63) is 68.3 Å². The average Bonchev–Trinajstić information content (AvgIpc) is 3.56. The third-order valence-corrected chi connectivity index (χ3v) is 8.07. The Bertz CT molecular complexity index is 1130. The molecule has 1 aliphatic rings. The number of esters is 1. The summed E-state index contributed by atoms with van der Waals surface area (Å²) in [7, 11) is 1.34. The number of benzene rings is 1. The maximum Gasteiger partial charge on any atom is 0.312 e. The first kappa shape index (κ1) is 23.7. The number of hydrogen-bond acceptors (Lipinski definition) is 11. The van der Waals surface area contributed by atoms with Crippen molar-refractivity contribution >= 4 is 62.5 Å². The Hall–Kier alpha value is -2.45. The van der Waals surface area contributed by atoms with Crippen molar-refractivity contribution in [2.24, 2.45) is 0 Å². The maximum atomic E-state index is 11.5. The van der Waals surface area contributed by atoms with Gasteiger partial charge in [-0.2, -0.15) is 0 Å². The van der Waals surface area contributed by atoms with Gasteiger partial charge in [-0.15, -0.1) is 33.3 Å². The lowest BCUT2D eigenvalue weighted by Crippen LogP contribution is -2.31. The molecule has 3 heterocycles. The van der Waals surface area contributed by atoms with Crippen molar-refractivity contribution < 1.29 is 18.3 Å². The second kappa shape index (κ2) is 11.1. The van der Waals surface area contributed by atoms with E-state index in [0.29, 0.717) is 22.2 Å². The Morgan fingerprint density at radius 1 is 1.30 bits per heavy atom. The third-order valence-electron chi connectivity index (χ3n) is 4.69. The molecule has 13 heteroatoms. The van der Waals surface area contributed by atoms with Gasteiger partial charge >= 0.3 is 5.97 Å². The van der Waals surface area contributed by atoms with Crippen molar-refractivity contribution in [1.29, 1.82) is 0 Å². The van der Waals surface area contributed by atoms with E-state index in [1.165, 1.54) is 23.3 Å². The molecule has 0 radical (unpaired) electrons. The minimum Gasteiger partial charge on any atom is -0.755 e. The molecule has 3 N–H and O–H groups in total. The Morgan fingerprint density at radius 2 is 2.12 bits per heavy atom. The number of carbonyl (C=O) groups is 1. The van der Waals surface area contributed by atoms with Gasteiger partial charge in [0.2, 0.25) is 5.13 Å². The van der Waals surface area contributed by atoms with E-state index in [-0.39, 0.29) is 23.8 Å². The number of methoxy groups -OCH3 is 1. The zero-order valence-corrected chi connectivity index (χ0v) is 20.6. The first-order chi connectivity index (χ1) is 16.0. The molecular formula is C20H20N5O4S4-. The molecule has 4 rings (SSSR count). The lowest BCUT2D eigenvalue weighted by Gasteiger charge is -2.22. The molecule has 33 heavy (non-hydrogen) atoms. The summed E-state index contributed by atoms with van der Waals surface area (Å²) in [5, 5.41) is 20.8. The van der Waals surface area contributed by atoms with Crippen LogP contribution in [0.3, 0.4) is 0 Å². The first-order valence-corrected chi connectivity index (χ1v) is 13.5. The van der Waals surface area contributed by atoms with Gasteiger partial charge in [-0.05, 0) is 41.0 Å². The van der Waals surface area contributed by atoms with Crippen LogP contribution in [0.1, 0.15) is 20.8 Å². The van der Waals surface area contributed by atoms with Crippen LogP contribution in [-0.4, -0.2) is 38.1 Å². The van der Waals surface area contributed by atoms with Crippen LogP contribution in [0.5, 0.6) is 0 Å². The largest absolute Gasteiger partial charge is 0.755 e. The number of carbonyl (C=O) groups excluding carboxylic acids is 1. The van der Waals surface area contributed by atoms with E-state index in [0.717, 1.165) is 11.3 Å². The average molecular weight is 523 g/mol. The smallest absolute Gasteiger partial charge is 0.312 e. The van der Waals surface area contributed by atoms with E-state index in [1.54, 1.807) is 35.2 Å². The monoisotopic (exact) mass is 522 g/mol. The van der Waals surface area contributed by atoms with Gasteiger partial charge in [0.1, 0.15) is 10.4 Å². The highest BCUT2D eigenvalue weighted by molar-refractivity contribution is 8.02. The van der Waals surface area contributed by atoms with Gasteiger partial charge in [-0.25, -0.2) is 0 Å². The molecule has 0 spiro atoms. The fraction of sp³-hybridized carbons (Fsp3) is 0.250. The topological polar surface area (TPSA) is 128 Å². The predicted molar refractivity (Wildman–Crippen MR) is 132 cm³/mol. The summed E-state index contributed by atoms with van der Waals surface area (Å²) in [5.41, 5.74) is 2.53. The number of thiophene rings is 1. The predicted octanol–water partition coefficient (Wildman–Crippen LogP) is 3.42. The number of nitrogens with one attached hydrogen (secondary N) is 3. The number of aromatic nitrogens is 2. The van der Waals surface area contributed by atoms with Gasteiger partial charge in [0.25, 0.3) is 0 Å². The van der Waals surface area contributed by atoms with Crippen LogP contribution in [0.15, 0.2) is 52.9 Å². The second-order valence-electron chi connectivity index (χ2n) is 6.94. The summed E-state index contributed by atoms with van der Waals surface area (Å²) in [4.78, 5) is 12.8. The van der Waals surface area contributed by atoms with Crippen molar-refractivity contribution in [3.63, 3.8) is 0 Å². The fourth-order valence-electron chi connectivity index (χ4n) is 3.13. The zero-order valence-electron chi connectivity index (χ0n) is 17.3. The van der Waals surface area contributed by atoms with E-state index in [4.69, 9.17) is 4.74 Å². The van der Waals surface area contributed by atoms with Crippen molar-refractivity contribution in [2.45, 2.75) is 24.3 Å². The van der Waals surface area contributed by atoms with E-state index in [1.807, 2.05) is 18.2 Å². The number of hydrogen-bond donors (Lipinski definition) is 3. The molecule has 0 fully saturated rings. The molecule has 174 valence electrons. The van der Waals surface area contributed by atoms with Crippen LogP contribution in [0.2, 0.25) is 0 Å². The van der Waals surface area contributed by atoms with E-state index >= 15 is 0 Å². The van der Waals surface area contributed by atoms with Crippen molar-refractivity contribution in [2.75, 3.05) is 17.1 Å². The molecule has 0 aliphatic carbocycles. The first-order valence-electron chi connectivity index (χ1n) is 9.76. The summed E-state index contributed by atoms with van der Waals surface area (Å²) >= 11 is 2.35. The van der Waals surface area contributed by atoms with Crippen LogP contribution in [-0.2, 0) is 33.6 Å². The Kier molecular flexibility index (Phi) is 7.98. The van der Waals surface area contributed by atoms with E-state index < -0.39 is 11.3 Å². The fourth-order valence-corrected chi connectivity index (χ4v) is 6.16. The van der Waals surface area contributed by atoms with Crippen LogP contribution in [0.4, 0.5) is 10.8 Å². The van der Waals surface area contributed by atoms with Gasteiger partial charge < -0.3 is 24.6 Å². The summed E-state index contributed by atoms with van der Waals surface area (Å²) in [6, 6.07) is 11.2. The molecular weight excluding hydrogens is 503 g/mol. The van der Waals surface area contributed by atoms with Gasteiger partial charge in [-0.3, -0.25) is 9.00 Å². The van der Waals surface area contributed by atoms with Crippen LogP contribution in [0, 0.1) is 0 Å². The van der Waals surface area contributed by atoms with Crippen molar-refractivity contribution in [1.82, 2.24) is 15.5 Å².